The van der Waals surface area contributed by atoms with Crippen molar-refractivity contribution in [2.45, 2.75) is 18.4 Å². The van der Waals surface area contributed by atoms with Crippen molar-refractivity contribution in [2.24, 2.45) is 7.05 Å². The van der Waals surface area contributed by atoms with E-state index in [0.29, 0.717) is 23.4 Å². The van der Waals surface area contributed by atoms with E-state index in [4.69, 9.17) is 5.26 Å². The van der Waals surface area contributed by atoms with Crippen LogP contribution in [-0.4, -0.2) is 21.4 Å². The molecule has 0 bridgehead atoms. The molecule has 0 unspecified atom stereocenters. The van der Waals surface area contributed by atoms with Crippen LogP contribution >= 0.6 is 11.8 Å². The van der Waals surface area contributed by atoms with E-state index >= 15 is 0 Å². The van der Waals surface area contributed by atoms with Crippen molar-refractivity contribution >= 4 is 23.4 Å². The Morgan fingerprint density at radius 1 is 1.48 bits per heavy atom. The molecular formula is C15H16N4OS. The summed E-state index contributed by atoms with van der Waals surface area (Å²) >= 11 is 1.59. The molecule has 0 saturated heterocycles. The van der Waals surface area contributed by atoms with Crippen LogP contribution in [0.5, 0.6) is 0 Å². The molecule has 2 rings (SSSR count). The first-order valence-electron chi connectivity index (χ1n) is 6.52. The molecule has 2 aromatic rings. The van der Waals surface area contributed by atoms with Crippen LogP contribution in [0.3, 0.4) is 0 Å². The minimum absolute atomic E-state index is 0.0934. The van der Waals surface area contributed by atoms with Gasteiger partial charge in [0.05, 0.1) is 22.0 Å². The highest BCUT2D eigenvalue weighted by atomic mass is 32.2. The van der Waals surface area contributed by atoms with E-state index in [-0.39, 0.29) is 5.91 Å². The fraction of sp³-hybridized carbons (Fsp3) is 0.267. The molecule has 1 N–H and O–H groups in total. The van der Waals surface area contributed by atoms with E-state index in [1.165, 1.54) is 0 Å². The van der Waals surface area contributed by atoms with E-state index in [9.17, 15) is 4.79 Å². The van der Waals surface area contributed by atoms with Gasteiger partial charge in [-0.2, -0.15) is 10.4 Å². The zero-order chi connectivity index (χ0) is 15.2. The Morgan fingerprint density at radius 3 is 2.90 bits per heavy atom. The van der Waals surface area contributed by atoms with Crippen molar-refractivity contribution < 1.29 is 4.79 Å². The van der Waals surface area contributed by atoms with Crippen molar-refractivity contribution in [1.29, 1.82) is 5.26 Å². The zero-order valence-corrected chi connectivity index (χ0v) is 12.8. The summed E-state index contributed by atoms with van der Waals surface area (Å²) in [5.41, 5.74) is 2.00. The fourth-order valence-electron chi connectivity index (χ4n) is 1.87. The van der Waals surface area contributed by atoms with Crippen molar-refractivity contribution in [2.75, 3.05) is 11.1 Å². The first-order chi connectivity index (χ1) is 10.1. The second-order valence-electron chi connectivity index (χ2n) is 4.55. The van der Waals surface area contributed by atoms with E-state index in [0.717, 1.165) is 10.7 Å². The summed E-state index contributed by atoms with van der Waals surface area (Å²) in [7, 11) is 1.89. The molecule has 1 amide bonds. The minimum atomic E-state index is -0.0934. The molecule has 21 heavy (non-hydrogen) atoms. The van der Waals surface area contributed by atoms with Crippen molar-refractivity contribution in [3.63, 3.8) is 0 Å². The lowest BCUT2D eigenvalue weighted by molar-refractivity contribution is -0.115. The number of nitrogens with zero attached hydrogens (tertiary/aromatic N) is 3. The van der Waals surface area contributed by atoms with E-state index in [1.807, 2.05) is 24.7 Å². The second kappa shape index (κ2) is 6.95. The number of hydrogen-bond donors (Lipinski definition) is 1. The highest BCUT2D eigenvalue weighted by molar-refractivity contribution is 7.99. The molecule has 0 aliphatic carbocycles. The van der Waals surface area contributed by atoms with Gasteiger partial charge < -0.3 is 5.32 Å². The van der Waals surface area contributed by atoms with Crippen LogP contribution in [0.1, 0.15) is 17.7 Å². The quantitative estimate of drug-likeness (QED) is 0.862. The predicted molar refractivity (Wildman–Crippen MR) is 83.1 cm³/mol. The molecule has 0 radical (unpaired) electrons. The Hall–Kier alpha value is -2.26. The van der Waals surface area contributed by atoms with Gasteiger partial charge >= 0.3 is 0 Å². The maximum Gasteiger partial charge on any atom is 0.225 e. The zero-order valence-electron chi connectivity index (χ0n) is 12.0. The van der Waals surface area contributed by atoms with Crippen LogP contribution in [0, 0.1) is 18.3 Å². The summed E-state index contributed by atoms with van der Waals surface area (Å²) in [5, 5.41) is 17.0. The largest absolute Gasteiger partial charge is 0.325 e. The summed E-state index contributed by atoms with van der Waals surface area (Å²) in [4.78, 5) is 11.9. The molecule has 1 aromatic carbocycles. The summed E-state index contributed by atoms with van der Waals surface area (Å²) in [6.07, 6.45) is 0.384. The Balaban J connectivity index is 1.85. The number of para-hydroxylation sites is 1. The maximum absolute atomic E-state index is 11.9. The van der Waals surface area contributed by atoms with Crippen LogP contribution in [0.15, 0.2) is 35.4 Å². The molecule has 0 atom stereocenters. The Kier molecular flexibility index (Phi) is 5.01. The average Bonchev–Trinajstić information content (AvgIpc) is 2.77. The van der Waals surface area contributed by atoms with Crippen LogP contribution in [0.2, 0.25) is 0 Å². The standard InChI is InChI=1S/C15H16N4OS/c1-11-9-15(19(2)18-11)21-8-7-14(20)17-13-6-4-3-5-12(13)10-16/h3-6,9H,7-8H2,1-2H3,(H,17,20). The van der Waals surface area contributed by atoms with Gasteiger partial charge in [0.2, 0.25) is 5.91 Å². The average molecular weight is 300 g/mol. The van der Waals surface area contributed by atoms with Gasteiger partial charge in [0.25, 0.3) is 0 Å². The lowest BCUT2D eigenvalue weighted by Crippen LogP contribution is -2.13. The number of nitrogens with one attached hydrogen (secondary N) is 1. The fourth-order valence-corrected chi connectivity index (χ4v) is 2.85. The maximum atomic E-state index is 11.9. The summed E-state index contributed by atoms with van der Waals surface area (Å²) in [6, 6.07) is 11.0. The Labute approximate surface area is 128 Å². The third-order valence-electron chi connectivity index (χ3n) is 2.86. The molecule has 5 nitrogen and oxygen atoms in total. The van der Waals surface area contributed by atoms with E-state index < -0.39 is 0 Å². The van der Waals surface area contributed by atoms with Gasteiger partial charge in [0.1, 0.15) is 6.07 Å². The van der Waals surface area contributed by atoms with Crippen molar-refractivity contribution in [3.8, 4) is 6.07 Å². The van der Waals surface area contributed by atoms with Crippen LogP contribution in [-0.2, 0) is 11.8 Å². The smallest absolute Gasteiger partial charge is 0.225 e. The number of anilines is 1. The number of rotatable bonds is 5. The lowest BCUT2D eigenvalue weighted by Gasteiger charge is -2.06. The summed E-state index contributed by atoms with van der Waals surface area (Å²) in [6.45, 7) is 1.94. The summed E-state index contributed by atoms with van der Waals surface area (Å²) < 4.78 is 1.81. The van der Waals surface area contributed by atoms with Gasteiger partial charge in [-0.1, -0.05) is 12.1 Å². The van der Waals surface area contributed by atoms with Gasteiger partial charge in [-0.15, -0.1) is 11.8 Å². The molecule has 0 saturated carbocycles. The first kappa shape index (κ1) is 15.1. The topological polar surface area (TPSA) is 70.7 Å². The van der Waals surface area contributed by atoms with E-state index in [1.54, 1.807) is 36.0 Å². The lowest BCUT2D eigenvalue weighted by atomic mass is 10.2. The van der Waals surface area contributed by atoms with Gasteiger partial charge in [-0.05, 0) is 25.1 Å². The molecular weight excluding hydrogens is 284 g/mol. The molecule has 0 aliphatic rings. The molecule has 108 valence electrons. The minimum Gasteiger partial charge on any atom is -0.325 e. The van der Waals surface area contributed by atoms with Gasteiger partial charge in [0.15, 0.2) is 0 Å². The molecule has 0 aliphatic heterocycles. The van der Waals surface area contributed by atoms with Crippen LogP contribution in [0.25, 0.3) is 0 Å². The van der Waals surface area contributed by atoms with Crippen molar-refractivity contribution in [3.05, 3.63) is 41.6 Å². The van der Waals surface area contributed by atoms with Gasteiger partial charge in [-0.25, -0.2) is 0 Å². The number of aromatic nitrogens is 2. The normalized spacial score (nSPS) is 10.1. The molecule has 1 aromatic heterocycles. The number of benzene rings is 1. The molecule has 0 fully saturated rings. The predicted octanol–water partition coefficient (Wildman–Crippen LogP) is 2.72. The number of aryl methyl sites for hydroxylation is 2. The second-order valence-corrected chi connectivity index (χ2v) is 5.67. The molecule has 0 spiro atoms. The van der Waals surface area contributed by atoms with Gasteiger partial charge in [0, 0.05) is 19.2 Å². The number of carbonyl (C=O) groups is 1. The summed E-state index contributed by atoms with van der Waals surface area (Å²) in [5.74, 6) is 0.573. The van der Waals surface area contributed by atoms with Gasteiger partial charge in [-0.3, -0.25) is 9.48 Å². The Morgan fingerprint density at radius 2 is 2.24 bits per heavy atom. The highest BCUT2D eigenvalue weighted by Crippen LogP contribution is 2.19. The molecule has 1 heterocycles. The number of amides is 1. The Bertz CT molecular complexity index is 687. The SMILES string of the molecule is Cc1cc(SCCC(=O)Nc2ccccc2C#N)n(C)n1. The van der Waals surface area contributed by atoms with Crippen LogP contribution in [0.4, 0.5) is 5.69 Å². The first-order valence-corrected chi connectivity index (χ1v) is 7.51. The third kappa shape index (κ3) is 4.10. The van der Waals surface area contributed by atoms with Crippen molar-refractivity contribution in [1.82, 2.24) is 9.78 Å². The van der Waals surface area contributed by atoms with Crippen LogP contribution < -0.4 is 5.32 Å². The third-order valence-corrected chi connectivity index (χ3v) is 3.95. The highest BCUT2D eigenvalue weighted by Gasteiger charge is 2.08. The number of carbonyl (C=O) groups excluding carboxylic acids is 1. The number of thioether (sulfide) groups is 1. The number of nitriles is 1. The monoisotopic (exact) mass is 300 g/mol. The molecule has 6 heteroatoms. The number of hydrogen-bond acceptors (Lipinski definition) is 4. The van der Waals surface area contributed by atoms with E-state index in [2.05, 4.69) is 16.5 Å².